The van der Waals surface area contributed by atoms with Gasteiger partial charge in [0.25, 0.3) is 0 Å². The number of hydrogen-bond acceptors (Lipinski definition) is 2. The van der Waals surface area contributed by atoms with Crippen LogP contribution < -0.4 is 0 Å². The van der Waals surface area contributed by atoms with Crippen LogP contribution in [0.5, 0.6) is 0 Å². The number of aryl methyl sites for hydroxylation is 1. The molecule has 0 fully saturated rings. The Morgan fingerprint density at radius 3 is 2.38 bits per heavy atom. The van der Waals surface area contributed by atoms with E-state index in [4.69, 9.17) is 0 Å². The Labute approximate surface area is 130 Å². The molecule has 6 heteroatoms. The molecule has 0 aromatic heterocycles. The van der Waals surface area contributed by atoms with Gasteiger partial charge in [-0.15, -0.1) is 0 Å². The molecule has 0 amide bonds. The van der Waals surface area contributed by atoms with E-state index in [0.29, 0.717) is 5.56 Å². The fourth-order valence-corrected chi connectivity index (χ4v) is 3.25. The van der Waals surface area contributed by atoms with Gasteiger partial charge in [-0.05, 0) is 42.3 Å². The first kappa shape index (κ1) is 16.1. The summed E-state index contributed by atoms with van der Waals surface area (Å²) in [5.74, 6) is -1.05. The van der Waals surface area contributed by atoms with Gasteiger partial charge >= 0.3 is 0 Å². The molecule has 0 aliphatic carbocycles. The van der Waals surface area contributed by atoms with E-state index in [-0.39, 0.29) is 16.0 Å². The van der Waals surface area contributed by atoms with Gasteiger partial charge in [0.15, 0.2) is 9.84 Å². The van der Waals surface area contributed by atoms with Gasteiger partial charge in [-0.3, -0.25) is 0 Å². The third-order valence-electron chi connectivity index (χ3n) is 3.13. The SMILES string of the molecule is Cc1cc(F)c(C(Br)c2cccc(S(C)(=O)=O)c2)cc1F. The highest BCUT2D eigenvalue weighted by Crippen LogP contribution is 2.34. The van der Waals surface area contributed by atoms with E-state index >= 15 is 0 Å². The Bertz CT molecular complexity index is 788. The average molecular weight is 375 g/mol. The molecule has 21 heavy (non-hydrogen) atoms. The van der Waals surface area contributed by atoms with Gasteiger partial charge in [-0.1, -0.05) is 28.1 Å². The van der Waals surface area contributed by atoms with Crippen LogP contribution in [0.1, 0.15) is 21.5 Å². The Hall–Kier alpha value is -1.27. The van der Waals surface area contributed by atoms with E-state index in [0.717, 1.165) is 18.4 Å². The second kappa shape index (κ2) is 5.85. The summed E-state index contributed by atoms with van der Waals surface area (Å²) in [6.45, 7) is 1.48. The molecule has 0 saturated heterocycles. The van der Waals surface area contributed by atoms with Crippen molar-refractivity contribution in [2.45, 2.75) is 16.6 Å². The van der Waals surface area contributed by atoms with Crippen molar-refractivity contribution >= 4 is 25.8 Å². The summed E-state index contributed by atoms with van der Waals surface area (Å²) < 4.78 is 50.7. The molecule has 1 atom stereocenters. The number of sulfone groups is 1. The van der Waals surface area contributed by atoms with Crippen LogP contribution in [0.15, 0.2) is 41.3 Å². The van der Waals surface area contributed by atoms with E-state index in [9.17, 15) is 17.2 Å². The first-order chi connectivity index (χ1) is 9.70. The molecule has 0 bridgehead atoms. The molecule has 1 unspecified atom stereocenters. The van der Waals surface area contributed by atoms with E-state index in [2.05, 4.69) is 15.9 Å². The quantitative estimate of drug-likeness (QED) is 0.755. The summed E-state index contributed by atoms with van der Waals surface area (Å²) in [5.41, 5.74) is 0.893. The van der Waals surface area contributed by atoms with Crippen LogP contribution in [-0.2, 0) is 9.84 Å². The molecule has 2 aromatic carbocycles. The Morgan fingerprint density at radius 2 is 1.76 bits per heavy atom. The van der Waals surface area contributed by atoms with Gasteiger partial charge < -0.3 is 0 Å². The lowest BCUT2D eigenvalue weighted by molar-refractivity contribution is 0.581. The lowest BCUT2D eigenvalue weighted by Gasteiger charge is -2.14. The van der Waals surface area contributed by atoms with Crippen molar-refractivity contribution in [2.24, 2.45) is 0 Å². The van der Waals surface area contributed by atoms with Crippen LogP contribution in [0.2, 0.25) is 0 Å². The van der Waals surface area contributed by atoms with Crippen molar-refractivity contribution in [3.8, 4) is 0 Å². The van der Waals surface area contributed by atoms with Crippen molar-refractivity contribution in [2.75, 3.05) is 6.26 Å². The highest BCUT2D eigenvalue weighted by molar-refractivity contribution is 9.09. The molecule has 2 rings (SSSR count). The van der Waals surface area contributed by atoms with Gasteiger partial charge in [-0.25, -0.2) is 17.2 Å². The van der Waals surface area contributed by atoms with Gasteiger partial charge in [0.2, 0.25) is 0 Å². The lowest BCUT2D eigenvalue weighted by atomic mass is 10.0. The fraction of sp³-hybridized carbons (Fsp3) is 0.200. The topological polar surface area (TPSA) is 34.1 Å². The molecular formula is C15H13BrF2O2S. The third-order valence-corrected chi connectivity index (χ3v) is 5.26. The van der Waals surface area contributed by atoms with Gasteiger partial charge in [0, 0.05) is 11.8 Å². The lowest BCUT2D eigenvalue weighted by Crippen LogP contribution is -2.02. The van der Waals surface area contributed by atoms with E-state index in [1.54, 1.807) is 12.1 Å². The Balaban J connectivity index is 2.50. The predicted molar refractivity (Wildman–Crippen MR) is 81.4 cm³/mol. The highest BCUT2D eigenvalue weighted by Gasteiger charge is 2.18. The molecule has 112 valence electrons. The molecule has 0 aliphatic heterocycles. The van der Waals surface area contributed by atoms with Gasteiger partial charge in [0.05, 0.1) is 9.72 Å². The predicted octanol–water partition coefficient (Wildman–Crippen LogP) is 4.16. The fourth-order valence-electron chi connectivity index (χ4n) is 1.94. The smallest absolute Gasteiger partial charge is 0.175 e. The third kappa shape index (κ3) is 3.49. The number of rotatable bonds is 3. The average Bonchev–Trinajstić information content (AvgIpc) is 2.41. The monoisotopic (exact) mass is 374 g/mol. The molecule has 0 saturated carbocycles. The number of benzene rings is 2. The number of hydrogen-bond donors (Lipinski definition) is 0. The zero-order valence-electron chi connectivity index (χ0n) is 11.4. The molecule has 0 radical (unpaired) electrons. The van der Waals surface area contributed by atoms with Crippen molar-refractivity contribution < 1.29 is 17.2 Å². The maximum absolute atomic E-state index is 14.0. The minimum Gasteiger partial charge on any atom is -0.224 e. The second-order valence-corrected chi connectivity index (χ2v) is 7.76. The minimum atomic E-state index is -3.35. The van der Waals surface area contributed by atoms with Crippen LogP contribution in [0, 0.1) is 18.6 Å². The first-order valence-corrected chi connectivity index (χ1v) is 8.90. The number of alkyl halides is 1. The zero-order chi connectivity index (χ0) is 15.8. The van der Waals surface area contributed by atoms with Crippen molar-refractivity contribution in [3.63, 3.8) is 0 Å². The molecule has 2 aromatic rings. The van der Waals surface area contributed by atoms with Crippen molar-refractivity contribution in [1.82, 2.24) is 0 Å². The Morgan fingerprint density at radius 1 is 1.10 bits per heavy atom. The molecule has 0 aliphatic rings. The molecule has 0 spiro atoms. The largest absolute Gasteiger partial charge is 0.224 e. The summed E-state index contributed by atoms with van der Waals surface area (Å²) in [7, 11) is -3.35. The van der Waals surface area contributed by atoms with Crippen LogP contribution in [0.25, 0.3) is 0 Å². The summed E-state index contributed by atoms with van der Waals surface area (Å²) in [6, 6.07) is 8.39. The summed E-state index contributed by atoms with van der Waals surface area (Å²) in [6.07, 6.45) is 1.10. The Kier molecular flexibility index (Phi) is 4.49. The van der Waals surface area contributed by atoms with Crippen LogP contribution >= 0.6 is 15.9 Å². The van der Waals surface area contributed by atoms with E-state index in [1.807, 2.05) is 0 Å². The maximum Gasteiger partial charge on any atom is 0.175 e. The molecule has 0 N–H and O–H groups in total. The molecule has 2 nitrogen and oxygen atoms in total. The van der Waals surface area contributed by atoms with Crippen LogP contribution in [-0.4, -0.2) is 14.7 Å². The number of halogens is 3. The zero-order valence-corrected chi connectivity index (χ0v) is 13.8. The van der Waals surface area contributed by atoms with Gasteiger partial charge in [0.1, 0.15) is 11.6 Å². The highest BCUT2D eigenvalue weighted by atomic mass is 79.9. The van der Waals surface area contributed by atoms with Crippen molar-refractivity contribution in [3.05, 3.63) is 64.7 Å². The van der Waals surface area contributed by atoms with Gasteiger partial charge in [-0.2, -0.15) is 0 Å². The minimum absolute atomic E-state index is 0.128. The normalized spacial score (nSPS) is 13.2. The molecular weight excluding hydrogens is 362 g/mol. The summed E-state index contributed by atoms with van der Waals surface area (Å²) in [5, 5.41) is 0. The first-order valence-electron chi connectivity index (χ1n) is 6.10. The maximum atomic E-state index is 14.0. The van der Waals surface area contributed by atoms with Crippen molar-refractivity contribution in [1.29, 1.82) is 0 Å². The van der Waals surface area contributed by atoms with Crippen LogP contribution in [0.3, 0.4) is 0 Å². The van der Waals surface area contributed by atoms with E-state index < -0.39 is 26.3 Å². The van der Waals surface area contributed by atoms with Crippen LogP contribution in [0.4, 0.5) is 8.78 Å². The second-order valence-electron chi connectivity index (χ2n) is 4.83. The summed E-state index contributed by atoms with van der Waals surface area (Å²) in [4.78, 5) is -0.494. The standard InChI is InChI=1S/C15H13BrF2O2S/c1-9-6-14(18)12(8-13(9)17)15(16)10-4-3-5-11(7-10)21(2,19)20/h3-8,15H,1-2H3. The molecule has 0 heterocycles. The summed E-state index contributed by atoms with van der Waals surface area (Å²) >= 11 is 3.30. The van der Waals surface area contributed by atoms with E-state index in [1.165, 1.54) is 19.1 Å².